The molecule has 0 saturated heterocycles. The van der Waals surface area contributed by atoms with Gasteiger partial charge in [0, 0.05) is 0 Å². The summed E-state index contributed by atoms with van der Waals surface area (Å²) in [5.41, 5.74) is 3.90. The highest BCUT2D eigenvalue weighted by Crippen LogP contribution is 2.33. The molecule has 0 radical (unpaired) electrons. The maximum atomic E-state index is 5.83. The van der Waals surface area contributed by atoms with E-state index < -0.39 is 0 Å². The van der Waals surface area contributed by atoms with E-state index >= 15 is 0 Å². The zero-order valence-electron chi connectivity index (χ0n) is 12.3. The number of hydrogen-bond acceptors (Lipinski definition) is 2. The van der Waals surface area contributed by atoms with Gasteiger partial charge in [0.1, 0.15) is 12.4 Å². The second-order valence-electron chi connectivity index (χ2n) is 6.38. The smallest absolute Gasteiger partial charge is 0.142 e. The molecule has 1 N–H and O–H groups in total. The first kappa shape index (κ1) is 13.0. The van der Waals surface area contributed by atoms with Crippen molar-refractivity contribution in [1.29, 1.82) is 0 Å². The van der Waals surface area contributed by atoms with Gasteiger partial charge in [-0.25, -0.2) is 0 Å². The number of hydrogen-bond donors (Lipinski definition) is 1. The van der Waals surface area contributed by atoms with Gasteiger partial charge in [-0.05, 0) is 28.7 Å². The van der Waals surface area contributed by atoms with Crippen LogP contribution >= 0.6 is 0 Å². The quantitative estimate of drug-likeness (QED) is 0.819. The molecule has 104 valence electrons. The van der Waals surface area contributed by atoms with Crippen molar-refractivity contribution in [3.8, 4) is 5.75 Å². The molecule has 2 heteroatoms. The van der Waals surface area contributed by atoms with Crippen LogP contribution in [-0.4, -0.2) is 6.61 Å². The third kappa shape index (κ3) is 2.51. The fourth-order valence-electron chi connectivity index (χ4n) is 2.51. The minimum Gasteiger partial charge on any atom is -0.489 e. The van der Waals surface area contributed by atoms with Crippen LogP contribution in [0.15, 0.2) is 48.5 Å². The summed E-state index contributed by atoms with van der Waals surface area (Å²) < 4.78 is 5.83. The first-order valence-electron chi connectivity index (χ1n) is 7.13. The molecule has 0 saturated carbocycles. The molecular weight excluding hydrogens is 246 g/mol. The zero-order valence-corrected chi connectivity index (χ0v) is 12.3. The summed E-state index contributed by atoms with van der Waals surface area (Å²) in [6, 6.07) is 17.2. The Hall–Kier alpha value is -1.96. The molecule has 20 heavy (non-hydrogen) atoms. The molecule has 1 aliphatic rings. The molecule has 0 bridgehead atoms. The Morgan fingerprint density at radius 1 is 1.00 bits per heavy atom. The lowest BCUT2D eigenvalue weighted by Crippen LogP contribution is -2.24. The number of fused-ring (bicyclic) bond motifs is 1. The summed E-state index contributed by atoms with van der Waals surface area (Å²) in [6.45, 7) is 7.38. The zero-order chi connectivity index (χ0) is 14.2. The lowest BCUT2D eigenvalue weighted by molar-refractivity contribution is 0.286. The Labute approximate surface area is 120 Å². The SMILES string of the molecule is CC(C)(C)c1ccc(C2COc3ccccc3N2)cc1. The van der Waals surface area contributed by atoms with Gasteiger partial charge >= 0.3 is 0 Å². The Morgan fingerprint density at radius 3 is 2.40 bits per heavy atom. The highest BCUT2D eigenvalue weighted by atomic mass is 16.5. The lowest BCUT2D eigenvalue weighted by Gasteiger charge is -2.28. The molecule has 0 aromatic heterocycles. The molecule has 2 nitrogen and oxygen atoms in total. The number of benzene rings is 2. The van der Waals surface area contributed by atoms with E-state index in [1.54, 1.807) is 0 Å². The molecule has 0 amide bonds. The average Bonchev–Trinajstić information content (AvgIpc) is 2.46. The summed E-state index contributed by atoms with van der Waals surface area (Å²) in [7, 11) is 0. The van der Waals surface area contributed by atoms with E-state index in [-0.39, 0.29) is 11.5 Å². The summed E-state index contributed by atoms with van der Waals surface area (Å²) in [4.78, 5) is 0. The third-order valence-electron chi connectivity index (χ3n) is 3.80. The predicted molar refractivity (Wildman–Crippen MR) is 83.4 cm³/mol. The van der Waals surface area contributed by atoms with E-state index in [9.17, 15) is 0 Å². The molecular formula is C18H21NO. The molecule has 2 aromatic rings. The molecule has 1 atom stereocenters. The van der Waals surface area contributed by atoms with Gasteiger partial charge in [0.2, 0.25) is 0 Å². The lowest BCUT2D eigenvalue weighted by atomic mass is 9.86. The van der Waals surface area contributed by atoms with Gasteiger partial charge in [-0.3, -0.25) is 0 Å². The van der Waals surface area contributed by atoms with Gasteiger partial charge in [-0.2, -0.15) is 0 Å². The van der Waals surface area contributed by atoms with Crippen LogP contribution in [0, 0.1) is 0 Å². The molecule has 2 aromatic carbocycles. The first-order chi connectivity index (χ1) is 9.54. The van der Waals surface area contributed by atoms with E-state index in [0.29, 0.717) is 6.61 Å². The Morgan fingerprint density at radius 2 is 1.70 bits per heavy atom. The van der Waals surface area contributed by atoms with Crippen LogP contribution in [0.1, 0.15) is 37.9 Å². The predicted octanol–water partition coefficient (Wildman–Crippen LogP) is 4.53. The second-order valence-corrected chi connectivity index (χ2v) is 6.38. The van der Waals surface area contributed by atoms with Crippen LogP contribution in [0.4, 0.5) is 5.69 Å². The fraction of sp³-hybridized carbons (Fsp3) is 0.333. The van der Waals surface area contributed by atoms with Crippen LogP contribution in [0.25, 0.3) is 0 Å². The molecule has 3 rings (SSSR count). The molecule has 0 spiro atoms. The minimum atomic E-state index is 0.196. The fourth-order valence-corrected chi connectivity index (χ4v) is 2.51. The van der Waals surface area contributed by atoms with Crippen LogP contribution < -0.4 is 10.1 Å². The van der Waals surface area contributed by atoms with Crippen LogP contribution in [0.5, 0.6) is 5.75 Å². The topological polar surface area (TPSA) is 21.3 Å². The van der Waals surface area contributed by atoms with Crippen LogP contribution in [0.3, 0.4) is 0 Å². The average molecular weight is 267 g/mol. The summed E-state index contributed by atoms with van der Waals surface area (Å²) in [5.74, 6) is 0.940. The Bertz CT molecular complexity index is 596. The van der Waals surface area contributed by atoms with Crippen molar-refractivity contribution >= 4 is 5.69 Å². The number of nitrogens with one attached hydrogen (secondary N) is 1. The van der Waals surface area contributed by atoms with E-state index in [2.05, 4.69) is 56.4 Å². The number of anilines is 1. The van der Waals surface area contributed by atoms with Crippen molar-refractivity contribution in [3.05, 3.63) is 59.7 Å². The van der Waals surface area contributed by atoms with Crippen LogP contribution in [0.2, 0.25) is 0 Å². The Kier molecular flexibility index (Phi) is 3.17. The molecule has 1 aliphatic heterocycles. The van der Waals surface area contributed by atoms with Gasteiger partial charge in [0.15, 0.2) is 0 Å². The third-order valence-corrected chi connectivity index (χ3v) is 3.80. The summed E-state index contributed by atoms with van der Waals surface area (Å²) in [5, 5.41) is 3.55. The maximum absolute atomic E-state index is 5.83. The van der Waals surface area contributed by atoms with Crippen molar-refractivity contribution in [1.82, 2.24) is 0 Å². The molecule has 0 fully saturated rings. The van der Waals surface area contributed by atoms with Gasteiger partial charge in [0.25, 0.3) is 0 Å². The van der Waals surface area contributed by atoms with Crippen molar-refractivity contribution in [3.63, 3.8) is 0 Å². The number of ether oxygens (including phenoxy) is 1. The van der Waals surface area contributed by atoms with Gasteiger partial charge in [-0.1, -0.05) is 57.2 Å². The minimum absolute atomic E-state index is 0.196. The molecule has 1 heterocycles. The summed E-state index contributed by atoms with van der Waals surface area (Å²) in [6.07, 6.45) is 0. The monoisotopic (exact) mass is 267 g/mol. The van der Waals surface area contributed by atoms with Gasteiger partial charge in [0.05, 0.1) is 11.7 Å². The first-order valence-corrected chi connectivity index (χ1v) is 7.13. The molecule has 0 aliphatic carbocycles. The van der Waals surface area contributed by atoms with Crippen molar-refractivity contribution in [2.75, 3.05) is 11.9 Å². The summed E-state index contributed by atoms with van der Waals surface area (Å²) >= 11 is 0. The van der Waals surface area contributed by atoms with Crippen molar-refractivity contribution in [2.45, 2.75) is 32.2 Å². The van der Waals surface area contributed by atoms with E-state index in [0.717, 1.165) is 11.4 Å². The van der Waals surface area contributed by atoms with Gasteiger partial charge in [-0.15, -0.1) is 0 Å². The second kappa shape index (κ2) is 4.86. The maximum Gasteiger partial charge on any atom is 0.142 e. The van der Waals surface area contributed by atoms with Crippen molar-refractivity contribution in [2.24, 2.45) is 0 Å². The van der Waals surface area contributed by atoms with E-state index in [4.69, 9.17) is 4.74 Å². The largest absolute Gasteiger partial charge is 0.489 e. The van der Waals surface area contributed by atoms with E-state index in [1.165, 1.54) is 11.1 Å². The van der Waals surface area contributed by atoms with E-state index in [1.807, 2.05) is 18.2 Å². The highest BCUT2D eigenvalue weighted by Gasteiger charge is 2.20. The van der Waals surface area contributed by atoms with Gasteiger partial charge < -0.3 is 10.1 Å². The normalized spacial score (nSPS) is 17.9. The van der Waals surface area contributed by atoms with Crippen molar-refractivity contribution < 1.29 is 4.74 Å². The Balaban J connectivity index is 1.81. The molecule has 1 unspecified atom stereocenters. The highest BCUT2D eigenvalue weighted by molar-refractivity contribution is 5.59. The number of rotatable bonds is 1. The standard InChI is InChI=1S/C18H21NO/c1-18(2,3)14-10-8-13(9-11-14)16-12-20-17-7-5-4-6-15(17)19-16/h4-11,16,19H,12H2,1-3H3. The number of para-hydroxylation sites is 2. The van der Waals surface area contributed by atoms with Crippen LogP contribution in [-0.2, 0) is 5.41 Å².